The van der Waals surface area contributed by atoms with Gasteiger partial charge in [0.15, 0.2) is 0 Å². The highest BCUT2D eigenvalue weighted by Crippen LogP contribution is 2.38. The molecule has 0 bridgehead atoms. The normalized spacial score (nSPS) is 11.0. The molecule has 0 aliphatic rings. The van der Waals surface area contributed by atoms with Crippen LogP contribution < -0.4 is 20.3 Å². The number of hydrogen-bond donors (Lipinski definition) is 2. The van der Waals surface area contributed by atoms with Crippen LogP contribution in [-0.4, -0.2) is 73.4 Å². The fourth-order valence-corrected chi connectivity index (χ4v) is 4.32. The first kappa shape index (κ1) is 27.6. The molecule has 0 atom stereocenters. The van der Waals surface area contributed by atoms with Crippen molar-refractivity contribution in [2.45, 2.75) is 6.54 Å². The molecule has 0 spiro atoms. The molecule has 1 amide bonds. The first-order chi connectivity index (χ1) is 18.8. The van der Waals surface area contributed by atoms with Crippen molar-refractivity contribution in [3.05, 3.63) is 67.5 Å². The monoisotopic (exact) mass is 531 g/mol. The Balaban J connectivity index is 1.71. The maximum absolute atomic E-state index is 13.2. The predicted octanol–water partition coefficient (Wildman–Crippen LogP) is 4.94. The number of rotatable bonds is 12. The fraction of sp³-hybridized carbons (Fsp3) is 0.276. The molecule has 2 aromatic heterocycles. The minimum atomic E-state index is -0.459. The molecule has 2 aromatic carbocycles. The Kier molecular flexibility index (Phi) is 8.77. The van der Waals surface area contributed by atoms with Crippen molar-refractivity contribution in [3.63, 3.8) is 0 Å². The number of aryl methyl sites for hydroxylation is 1. The van der Waals surface area contributed by atoms with Gasteiger partial charge in [-0.2, -0.15) is 0 Å². The molecule has 4 rings (SSSR count). The number of anilines is 4. The number of amides is 1. The van der Waals surface area contributed by atoms with E-state index in [0.717, 1.165) is 35.2 Å². The van der Waals surface area contributed by atoms with Gasteiger partial charge < -0.3 is 29.7 Å². The molecular formula is C29H34FN7O2. The van der Waals surface area contributed by atoms with Gasteiger partial charge in [0.05, 0.1) is 36.4 Å². The number of fused-ring (bicyclic) bond motifs is 1. The van der Waals surface area contributed by atoms with E-state index >= 15 is 0 Å². The van der Waals surface area contributed by atoms with E-state index in [9.17, 15) is 9.18 Å². The molecule has 0 fully saturated rings. The second-order valence-electron chi connectivity index (χ2n) is 9.32. The lowest BCUT2D eigenvalue weighted by molar-refractivity contribution is -0.111. The van der Waals surface area contributed by atoms with Gasteiger partial charge in [-0.3, -0.25) is 4.79 Å². The highest BCUT2D eigenvalue weighted by Gasteiger charge is 2.17. The Labute approximate surface area is 227 Å². The van der Waals surface area contributed by atoms with Crippen molar-refractivity contribution in [2.75, 3.05) is 63.6 Å². The number of para-hydroxylation sites is 1. The van der Waals surface area contributed by atoms with Crippen LogP contribution in [-0.2, 0) is 11.3 Å². The third-order valence-corrected chi connectivity index (χ3v) is 6.35. The molecule has 0 aliphatic heterocycles. The Morgan fingerprint density at radius 1 is 1.15 bits per heavy atom. The highest BCUT2D eigenvalue weighted by molar-refractivity contribution is 6.02. The van der Waals surface area contributed by atoms with Crippen LogP contribution in [0, 0.1) is 0 Å². The largest absolute Gasteiger partial charge is 0.494 e. The third-order valence-electron chi connectivity index (χ3n) is 6.35. The van der Waals surface area contributed by atoms with E-state index in [0.29, 0.717) is 28.8 Å². The summed E-state index contributed by atoms with van der Waals surface area (Å²) in [6, 6.07) is 13.3. The first-order valence-electron chi connectivity index (χ1n) is 12.6. The molecule has 0 saturated heterocycles. The molecule has 0 aliphatic carbocycles. The van der Waals surface area contributed by atoms with E-state index in [1.807, 2.05) is 68.3 Å². The Bertz CT molecular complexity index is 1470. The van der Waals surface area contributed by atoms with Crippen molar-refractivity contribution in [1.29, 1.82) is 0 Å². The quantitative estimate of drug-likeness (QED) is 0.250. The SMILES string of the molecule is C=CC(=O)Nc1cc(Nc2nccc(-c3cn(CCF)c4ccccc34)n2)c(OC)cc1N(C)CCN(C)C. The van der Waals surface area contributed by atoms with Crippen LogP contribution in [0.2, 0.25) is 0 Å². The molecule has 0 unspecified atom stereocenters. The number of hydrogen-bond acceptors (Lipinski definition) is 7. The summed E-state index contributed by atoms with van der Waals surface area (Å²) >= 11 is 0. The van der Waals surface area contributed by atoms with Gasteiger partial charge in [-0.15, -0.1) is 0 Å². The minimum absolute atomic E-state index is 0.266. The van der Waals surface area contributed by atoms with Crippen molar-refractivity contribution in [2.24, 2.45) is 0 Å². The predicted molar refractivity (Wildman–Crippen MR) is 156 cm³/mol. The molecule has 0 saturated carbocycles. The van der Waals surface area contributed by atoms with Gasteiger partial charge >= 0.3 is 0 Å². The molecule has 4 aromatic rings. The average molecular weight is 532 g/mol. The number of carbonyl (C=O) groups excluding carboxylic acids is 1. The standard InChI is InChI=1S/C29H34FN7O2/c1-6-28(38)32-23-17-24(27(39-5)18-26(23)36(4)16-15-35(2)3)34-29-31-13-11-22(33-29)21-19-37(14-12-30)25-10-8-7-9-20(21)25/h6-11,13,17-19H,1,12,14-16H2,2-5H3,(H,32,38)(H,31,33,34). The van der Waals surface area contributed by atoms with Gasteiger partial charge in [-0.25, -0.2) is 14.4 Å². The number of nitrogens with one attached hydrogen (secondary N) is 2. The summed E-state index contributed by atoms with van der Waals surface area (Å²) in [4.78, 5) is 25.5. The Morgan fingerprint density at radius 2 is 1.95 bits per heavy atom. The molecule has 39 heavy (non-hydrogen) atoms. The lowest BCUT2D eigenvalue weighted by atomic mass is 10.1. The smallest absolute Gasteiger partial charge is 0.247 e. The van der Waals surface area contributed by atoms with Crippen LogP contribution in [0.25, 0.3) is 22.2 Å². The van der Waals surface area contributed by atoms with Crippen molar-refractivity contribution < 1.29 is 13.9 Å². The minimum Gasteiger partial charge on any atom is -0.494 e. The lowest BCUT2D eigenvalue weighted by Crippen LogP contribution is -2.29. The van der Waals surface area contributed by atoms with E-state index in [1.54, 1.807) is 19.4 Å². The van der Waals surface area contributed by atoms with Crippen LogP contribution in [0.5, 0.6) is 5.75 Å². The molecular weight excluding hydrogens is 497 g/mol. The molecule has 204 valence electrons. The zero-order valence-corrected chi connectivity index (χ0v) is 22.7. The van der Waals surface area contributed by atoms with Crippen molar-refractivity contribution >= 4 is 39.8 Å². The van der Waals surface area contributed by atoms with E-state index in [2.05, 4.69) is 32.0 Å². The fourth-order valence-electron chi connectivity index (χ4n) is 4.32. The number of likely N-dealkylation sites (N-methyl/N-ethyl adjacent to an activating group) is 2. The average Bonchev–Trinajstić information content (AvgIpc) is 3.30. The van der Waals surface area contributed by atoms with Crippen LogP contribution in [0.15, 0.2) is 67.5 Å². The Hall–Kier alpha value is -4.44. The van der Waals surface area contributed by atoms with Crippen LogP contribution in [0.4, 0.5) is 27.4 Å². The van der Waals surface area contributed by atoms with Crippen LogP contribution >= 0.6 is 0 Å². The zero-order chi connectivity index (χ0) is 27.9. The van der Waals surface area contributed by atoms with Crippen molar-refractivity contribution in [3.8, 4) is 17.0 Å². The zero-order valence-electron chi connectivity index (χ0n) is 22.7. The maximum atomic E-state index is 13.2. The third kappa shape index (κ3) is 6.35. The van der Waals surface area contributed by atoms with Gasteiger partial charge in [0.2, 0.25) is 11.9 Å². The van der Waals surface area contributed by atoms with Gasteiger partial charge in [-0.1, -0.05) is 24.8 Å². The molecule has 2 heterocycles. The number of ether oxygens (including phenoxy) is 1. The number of benzene rings is 2. The number of nitrogens with zero attached hydrogens (tertiary/aromatic N) is 5. The van der Waals surface area contributed by atoms with E-state index in [4.69, 9.17) is 9.72 Å². The van der Waals surface area contributed by atoms with Crippen LogP contribution in [0.1, 0.15) is 0 Å². The van der Waals surface area contributed by atoms with Gasteiger partial charge in [0, 0.05) is 55.1 Å². The van der Waals surface area contributed by atoms with E-state index < -0.39 is 6.67 Å². The summed E-state index contributed by atoms with van der Waals surface area (Å²) in [5, 5.41) is 7.12. The molecule has 9 nitrogen and oxygen atoms in total. The number of alkyl halides is 1. The maximum Gasteiger partial charge on any atom is 0.247 e. The van der Waals surface area contributed by atoms with Gasteiger partial charge in [0.1, 0.15) is 12.4 Å². The number of aromatic nitrogens is 3. The van der Waals surface area contributed by atoms with E-state index in [1.165, 1.54) is 6.08 Å². The summed E-state index contributed by atoms with van der Waals surface area (Å²) in [7, 11) is 7.56. The molecule has 0 radical (unpaired) electrons. The first-order valence-corrected chi connectivity index (χ1v) is 12.6. The lowest BCUT2D eigenvalue weighted by Gasteiger charge is -2.26. The number of methoxy groups -OCH3 is 1. The van der Waals surface area contributed by atoms with Crippen molar-refractivity contribution in [1.82, 2.24) is 19.4 Å². The molecule has 10 heteroatoms. The number of halogens is 1. The van der Waals surface area contributed by atoms with E-state index in [-0.39, 0.29) is 12.5 Å². The summed E-state index contributed by atoms with van der Waals surface area (Å²) in [5.41, 5.74) is 4.49. The number of carbonyl (C=O) groups is 1. The summed E-state index contributed by atoms with van der Waals surface area (Å²) in [6.07, 6.45) is 4.81. The molecule has 2 N–H and O–H groups in total. The summed E-state index contributed by atoms with van der Waals surface area (Å²) in [5.74, 6) is 0.589. The summed E-state index contributed by atoms with van der Waals surface area (Å²) in [6.45, 7) is 4.95. The summed E-state index contributed by atoms with van der Waals surface area (Å²) < 4.78 is 20.8. The second-order valence-corrected chi connectivity index (χ2v) is 9.32. The second kappa shape index (κ2) is 12.4. The van der Waals surface area contributed by atoms with Crippen LogP contribution in [0.3, 0.4) is 0 Å². The Morgan fingerprint density at radius 3 is 2.67 bits per heavy atom. The van der Waals surface area contributed by atoms with Gasteiger partial charge in [-0.05, 0) is 38.4 Å². The highest BCUT2D eigenvalue weighted by atomic mass is 19.1. The topological polar surface area (TPSA) is 87.5 Å². The van der Waals surface area contributed by atoms with Gasteiger partial charge in [0.25, 0.3) is 0 Å².